The zero-order valence-electron chi connectivity index (χ0n) is 6.32. The van der Waals surface area contributed by atoms with Crippen molar-refractivity contribution in [2.24, 2.45) is 5.92 Å². The molecule has 0 radical (unpaired) electrons. The molecule has 1 aromatic heterocycles. The van der Waals surface area contributed by atoms with Crippen molar-refractivity contribution in [3.8, 4) is 0 Å². The Morgan fingerprint density at radius 3 is 2.82 bits per heavy atom. The molecule has 3 nitrogen and oxygen atoms in total. The summed E-state index contributed by atoms with van der Waals surface area (Å²) >= 11 is 1.31. The molecule has 1 atom stereocenters. The SMILES string of the molecule is Cc1nnsc1C(O)C1CC1. The molecular weight excluding hydrogens is 160 g/mol. The summed E-state index contributed by atoms with van der Waals surface area (Å²) in [5, 5.41) is 13.5. The Hall–Kier alpha value is -0.480. The van der Waals surface area contributed by atoms with Crippen molar-refractivity contribution in [1.29, 1.82) is 0 Å². The molecule has 4 heteroatoms. The molecule has 1 aromatic rings. The van der Waals surface area contributed by atoms with Crippen LogP contribution in [0.2, 0.25) is 0 Å². The maximum absolute atomic E-state index is 9.66. The highest BCUT2D eigenvalue weighted by atomic mass is 32.1. The fraction of sp³-hybridized carbons (Fsp3) is 0.714. The Bertz CT molecular complexity index is 257. The minimum Gasteiger partial charge on any atom is -0.387 e. The Morgan fingerprint density at radius 2 is 2.36 bits per heavy atom. The molecule has 1 N–H and O–H groups in total. The second-order valence-electron chi connectivity index (χ2n) is 3.00. The van der Waals surface area contributed by atoms with Gasteiger partial charge < -0.3 is 5.11 Å². The van der Waals surface area contributed by atoms with Gasteiger partial charge in [0.2, 0.25) is 0 Å². The number of rotatable bonds is 2. The van der Waals surface area contributed by atoms with Gasteiger partial charge in [-0.15, -0.1) is 5.10 Å². The summed E-state index contributed by atoms with van der Waals surface area (Å²) in [6, 6.07) is 0. The van der Waals surface area contributed by atoms with Crippen LogP contribution < -0.4 is 0 Å². The van der Waals surface area contributed by atoms with Crippen LogP contribution in [0.15, 0.2) is 0 Å². The van der Waals surface area contributed by atoms with Crippen LogP contribution in [0.4, 0.5) is 0 Å². The average molecular weight is 170 g/mol. The predicted molar refractivity (Wildman–Crippen MR) is 42.3 cm³/mol. The molecule has 1 heterocycles. The van der Waals surface area contributed by atoms with Crippen molar-refractivity contribution < 1.29 is 5.11 Å². The van der Waals surface area contributed by atoms with Gasteiger partial charge in [0.15, 0.2) is 0 Å². The average Bonchev–Trinajstić information content (AvgIpc) is 2.74. The maximum atomic E-state index is 9.66. The lowest BCUT2D eigenvalue weighted by atomic mass is 10.2. The number of nitrogens with zero attached hydrogens (tertiary/aromatic N) is 2. The number of aliphatic hydroxyl groups is 1. The molecule has 0 aromatic carbocycles. The second kappa shape index (κ2) is 2.53. The molecule has 0 bridgehead atoms. The highest BCUT2D eigenvalue weighted by molar-refractivity contribution is 7.05. The van der Waals surface area contributed by atoms with Crippen LogP contribution in [0.5, 0.6) is 0 Å². The van der Waals surface area contributed by atoms with Crippen LogP contribution in [-0.4, -0.2) is 14.7 Å². The molecule has 0 saturated heterocycles. The van der Waals surface area contributed by atoms with Crippen LogP contribution in [0.25, 0.3) is 0 Å². The third kappa shape index (κ3) is 1.28. The molecular formula is C7H10N2OS. The molecule has 0 amide bonds. The summed E-state index contributed by atoms with van der Waals surface area (Å²) in [4.78, 5) is 0.951. The Kier molecular flexibility index (Phi) is 1.65. The van der Waals surface area contributed by atoms with Gasteiger partial charge in [-0.1, -0.05) is 4.49 Å². The van der Waals surface area contributed by atoms with Crippen molar-refractivity contribution in [2.75, 3.05) is 0 Å². The Balaban J connectivity index is 2.20. The standard InChI is InChI=1S/C7H10N2OS/c1-4-7(11-9-8-4)6(10)5-2-3-5/h5-6,10H,2-3H2,1H3. The largest absolute Gasteiger partial charge is 0.387 e. The summed E-state index contributed by atoms with van der Waals surface area (Å²) in [6.45, 7) is 1.89. The summed E-state index contributed by atoms with van der Waals surface area (Å²) in [6.07, 6.45) is 2.01. The van der Waals surface area contributed by atoms with E-state index in [1.54, 1.807) is 0 Å². The van der Waals surface area contributed by atoms with E-state index in [4.69, 9.17) is 0 Å². The fourth-order valence-electron chi connectivity index (χ4n) is 1.14. The van der Waals surface area contributed by atoms with E-state index in [0.717, 1.165) is 23.4 Å². The topological polar surface area (TPSA) is 46.0 Å². The predicted octanol–water partition coefficient (Wildman–Crippen LogP) is 1.29. The van der Waals surface area contributed by atoms with Crippen molar-refractivity contribution in [2.45, 2.75) is 25.9 Å². The van der Waals surface area contributed by atoms with Crippen LogP contribution in [0.1, 0.15) is 29.5 Å². The minimum absolute atomic E-state index is 0.296. The molecule has 0 spiro atoms. The van der Waals surface area contributed by atoms with Gasteiger partial charge in [-0.25, -0.2) is 0 Å². The first-order valence-electron chi connectivity index (χ1n) is 3.76. The van der Waals surface area contributed by atoms with Crippen molar-refractivity contribution in [3.63, 3.8) is 0 Å². The number of hydrogen-bond donors (Lipinski definition) is 1. The smallest absolute Gasteiger partial charge is 0.0945 e. The van der Waals surface area contributed by atoms with E-state index < -0.39 is 0 Å². The van der Waals surface area contributed by atoms with Gasteiger partial charge in [0.25, 0.3) is 0 Å². The van der Waals surface area contributed by atoms with Crippen molar-refractivity contribution >= 4 is 11.5 Å². The first kappa shape index (κ1) is 7.18. The van der Waals surface area contributed by atoms with E-state index in [1.165, 1.54) is 11.5 Å². The summed E-state index contributed by atoms with van der Waals surface area (Å²) in [7, 11) is 0. The van der Waals surface area contributed by atoms with Gasteiger partial charge in [0.05, 0.1) is 16.7 Å². The number of aliphatic hydroxyl groups excluding tert-OH is 1. The molecule has 11 heavy (non-hydrogen) atoms. The highest BCUT2D eigenvalue weighted by Gasteiger charge is 2.32. The monoisotopic (exact) mass is 170 g/mol. The normalized spacial score (nSPS) is 20.2. The van der Waals surface area contributed by atoms with Crippen LogP contribution >= 0.6 is 11.5 Å². The zero-order valence-corrected chi connectivity index (χ0v) is 7.14. The van der Waals surface area contributed by atoms with E-state index in [2.05, 4.69) is 9.59 Å². The molecule has 1 aliphatic carbocycles. The van der Waals surface area contributed by atoms with Crippen molar-refractivity contribution in [3.05, 3.63) is 10.6 Å². The molecule has 60 valence electrons. The lowest BCUT2D eigenvalue weighted by molar-refractivity contribution is 0.156. The van der Waals surface area contributed by atoms with Gasteiger partial charge in [-0.2, -0.15) is 0 Å². The summed E-state index contributed by atoms with van der Waals surface area (Å²) in [5.74, 6) is 0.482. The first-order valence-corrected chi connectivity index (χ1v) is 4.53. The third-order valence-electron chi connectivity index (χ3n) is 2.02. The van der Waals surface area contributed by atoms with Crippen LogP contribution in [0, 0.1) is 12.8 Å². The van der Waals surface area contributed by atoms with E-state index in [9.17, 15) is 5.11 Å². The number of aryl methyl sites for hydroxylation is 1. The molecule has 2 rings (SSSR count). The van der Waals surface area contributed by atoms with Gasteiger partial charge in [0.1, 0.15) is 0 Å². The third-order valence-corrected chi connectivity index (χ3v) is 2.92. The number of hydrogen-bond acceptors (Lipinski definition) is 4. The van der Waals surface area contributed by atoms with Gasteiger partial charge in [-0.3, -0.25) is 0 Å². The minimum atomic E-state index is -0.296. The van der Waals surface area contributed by atoms with Gasteiger partial charge in [0, 0.05) is 0 Å². The molecule has 1 unspecified atom stereocenters. The van der Waals surface area contributed by atoms with E-state index in [-0.39, 0.29) is 6.10 Å². The van der Waals surface area contributed by atoms with E-state index in [1.807, 2.05) is 6.92 Å². The summed E-state index contributed by atoms with van der Waals surface area (Å²) in [5.41, 5.74) is 0.884. The van der Waals surface area contributed by atoms with Crippen molar-refractivity contribution in [1.82, 2.24) is 9.59 Å². The Morgan fingerprint density at radius 1 is 1.64 bits per heavy atom. The molecule has 0 aliphatic heterocycles. The Labute approximate surface area is 69.2 Å². The lowest BCUT2D eigenvalue weighted by Crippen LogP contribution is -1.98. The quantitative estimate of drug-likeness (QED) is 0.727. The highest BCUT2D eigenvalue weighted by Crippen LogP contribution is 2.42. The van der Waals surface area contributed by atoms with Crippen LogP contribution in [0.3, 0.4) is 0 Å². The first-order chi connectivity index (χ1) is 5.29. The number of aromatic nitrogens is 2. The molecule has 1 saturated carbocycles. The summed E-state index contributed by atoms with van der Waals surface area (Å²) < 4.78 is 3.78. The lowest BCUT2D eigenvalue weighted by Gasteiger charge is -2.04. The van der Waals surface area contributed by atoms with E-state index in [0.29, 0.717) is 5.92 Å². The second-order valence-corrected chi connectivity index (χ2v) is 3.79. The molecule has 1 fully saturated rings. The molecule has 1 aliphatic rings. The van der Waals surface area contributed by atoms with Gasteiger partial charge in [-0.05, 0) is 37.2 Å². The fourth-order valence-corrected chi connectivity index (χ4v) is 1.86. The van der Waals surface area contributed by atoms with E-state index >= 15 is 0 Å². The van der Waals surface area contributed by atoms with Crippen LogP contribution in [-0.2, 0) is 0 Å². The maximum Gasteiger partial charge on any atom is 0.0945 e. The zero-order chi connectivity index (χ0) is 7.84. The van der Waals surface area contributed by atoms with Gasteiger partial charge >= 0.3 is 0 Å².